The molecule has 0 atom stereocenters. The number of nitrogens with one attached hydrogen (secondary N) is 2. The maximum Gasteiger partial charge on any atom is 0.232 e. The topological polar surface area (TPSA) is 66.2 Å². The van der Waals surface area contributed by atoms with Crippen LogP contribution in [0.15, 0.2) is 77.2 Å². The summed E-state index contributed by atoms with van der Waals surface area (Å²) in [6.45, 7) is 2.09. The summed E-state index contributed by atoms with van der Waals surface area (Å²) in [5.74, 6) is 2.72. The highest BCUT2D eigenvalue weighted by Gasteiger charge is 2.18. The van der Waals surface area contributed by atoms with E-state index in [-0.39, 0.29) is 0 Å². The quantitative estimate of drug-likeness (QED) is 0.294. The van der Waals surface area contributed by atoms with E-state index in [1.807, 2.05) is 42.5 Å². The van der Waals surface area contributed by atoms with Crippen LogP contribution in [0.3, 0.4) is 0 Å². The van der Waals surface area contributed by atoms with Crippen molar-refractivity contribution in [3.63, 3.8) is 0 Å². The minimum absolute atomic E-state index is 0.360. The standard InChI is InChI=1S/C25H22ClN5OS/c26-22-14-23(31-13-12-17-6-4-5-9-19(17)16-31)29-24(28-22)30-25(33)27-15-20-10-11-21(32-20)18-7-2-1-3-8-18/h1-11,14H,12-13,15-16H2,(H2,27,28,29,30,33). The van der Waals surface area contributed by atoms with Crippen LogP contribution in [0.25, 0.3) is 11.3 Å². The van der Waals surface area contributed by atoms with Crippen LogP contribution in [0.1, 0.15) is 16.9 Å². The molecule has 4 aromatic rings. The minimum atomic E-state index is 0.360. The van der Waals surface area contributed by atoms with Gasteiger partial charge in [0.25, 0.3) is 0 Å². The van der Waals surface area contributed by atoms with Gasteiger partial charge in [0.15, 0.2) is 5.11 Å². The molecule has 1 aliphatic heterocycles. The molecule has 0 saturated heterocycles. The zero-order valence-corrected chi connectivity index (χ0v) is 19.4. The van der Waals surface area contributed by atoms with Gasteiger partial charge in [-0.25, -0.2) is 4.98 Å². The molecule has 2 aromatic heterocycles. The van der Waals surface area contributed by atoms with E-state index in [9.17, 15) is 0 Å². The number of furan rings is 1. The molecule has 2 N–H and O–H groups in total. The average Bonchev–Trinajstić information content (AvgIpc) is 3.32. The lowest BCUT2D eigenvalue weighted by atomic mass is 10.00. The fourth-order valence-corrected chi connectivity index (χ4v) is 4.20. The van der Waals surface area contributed by atoms with E-state index < -0.39 is 0 Å². The zero-order chi connectivity index (χ0) is 22.6. The van der Waals surface area contributed by atoms with Crippen molar-refractivity contribution in [3.8, 4) is 11.3 Å². The van der Waals surface area contributed by atoms with Gasteiger partial charge in [0, 0.05) is 24.7 Å². The van der Waals surface area contributed by atoms with Gasteiger partial charge in [-0.1, -0.05) is 66.2 Å². The van der Waals surface area contributed by atoms with E-state index in [4.69, 9.17) is 28.2 Å². The first-order valence-electron chi connectivity index (χ1n) is 10.7. The molecule has 166 valence electrons. The van der Waals surface area contributed by atoms with E-state index in [0.717, 1.165) is 42.4 Å². The number of benzene rings is 2. The summed E-state index contributed by atoms with van der Waals surface area (Å²) in [4.78, 5) is 11.1. The molecule has 0 saturated carbocycles. The second-order valence-corrected chi connectivity index (χ2v) is 8.55. The van der Waals surface area contributed by atoms with E-state index in [2.05, 4.69) is 49.8 Å². The molecule has 8 heteroatoms. The first kappa shape index (κ1) is 21.4. The van der Waals surface area contributed by atoms with Gasteiger partial charge in [0.05, 0.1) is 6.54 Å². The lowest BCUT2D eigenvalue weighted by Gasteiger charge is -2.30. The maximum atomic E-state index is 6.29. The summed E-state index contributed by atoms with van der Waals surface area (Å²) in [5, 5.41) is 6.93. The molecule has 5 rings (SSSR count). The predicted octanol–water partition coefficient (Wildman–Crippen LogP) is 5.44. The summed E-state index contributed by atoms with van der Waals surface area (Å²) in [6.07, 6.45) is 0.967. The van der Waals surface area contributed by atoms with Gasteiger partial charge >= 0.3 is 0 Å². The summed E-state index contributed by atoms with van der Waals surface area (Å²) in [7, 11) is 0. The van der Waals surface area contributed by atoms with Crippen molar-refractivity contribution >= 4 is 40.7 Å². The molecular weight excluding hydrogens is 454 g/mol. The number of hydrogen-bond acceptors (Lipinski definition) is 5. The number of hydrogen-bond donors (Lipinski definition) is 2. The van der Waals surface area contributed by atoms with E-state index >= 15 is 0 Å². The molecule has 0 bridgehead atoms. The molecular formula is C25H22ClN5OS. The van der Waals surface area contributed by atoms with Gasteiger partial charge in [-0.15, -0.1) is 0 Å². The van der Waals surface area contributed by atoms with Crippen LogP contribution in [0.2, 0.25) is 5.15 Å². The van der Waals surface area contributed by atoms with Crippen molar-refractivity contribution in [3.05, 3.63) is 94.8 Å². The fraction of sp³-hybridized carbons (Fsp3) is 0.160. The summed E-state index contributed by atoms with van der Waals surface area (Å²) >= 11 is 11.7. The van der Waals surface area contributed by atoms with E-state index in [1.54, 1.807) is 6.07 Å². The second kappa shape index (κ2) is 9.60. The third-order valence-electron chi connectivity index (χ3n) is 5.50. The number of nitrogens with zero attached hydrogens (tertiary/aromatic N) is 3. The highest BCUT2D eigenvalue weighted by Crippen LogP contribution is 2.25. The van der Waals surface area contributed by atoms with E-state index in [0.29, 0.717) is 22.8 Å². The normalized spacial score (nSPS) is 12.8. The number of rotatable bonds is 5. The average molecular weight is 476 g/mol. The molecule has 0 spiro atoms. The van der Waals surface area contributed by atoms with Crippen molar-refractivity contribution in [2.24, 2.45) is 0 Å². The zero-order valence-electron chi connectivity index (χ0n) is 17.8. The van der Waals surface area contributed by atoms with Crippen molar-refractivity contribution < 1.29 is 4.42 Å². The highest BCUT2D eigenvalue weighted by molar-refractivity contribution is 7.80. The Labute approximate surface area is 202 Å². The van der Waals surface area contributed by atoms with Crippen LogP contribution in [0.4, 0.5) is 11.8 Å². The first-order chi connectivity index (χ1) is 16.1. The predicted molar refractivity (Wildman–Crippen MR) is 135 cm³/mol. The molecule has 3 heterocycles. The Balaban J connectivity index is 1.21. The molecule has 0 amide bonds. The Morgan fingerprint density at radius 2 is 1.79 bits per heavy atom. The van der Waals surface area contributed by atoms with Crippen LogP contribution in [0, 0.1) is 0 Å². The maximum absolute atomic E-state index is 6.29. The lowest BCUT2D eigenvalue weighted by molar-refractivity contribution is 0.516. The Bertz CT molecular complexity index is 1280. The van der Waals surface area contributed by atoms with Gasteiger partial charge in [0.1, 0.15) is 22.5 Å². The number of fused-ring (bicyclic) bond motifs is 1. The lowest BCUT2D eigenvalue weighted by Crippen LogP contribution is -2.32. The molecule has 2 aromatic carbocycles. The second-order valence-electron chi connectivity index (χ2n) is 7.75. The van der Waals surface area contributed by atoms with Crippen molar-refractivity contribution in [1.82, 2.24) is 15.3 Å². The van der Waals surface area contributed by atoms with Crippen molar-refractivity contribution in [1.29, 1.82) is 0 Å². The smallest absolute Gasteiger partial charge is 0.232 e. The molecule has 0 unspecified atom stereocenters. The summed E-state index contributed by atoms with van der Waals surface area (Å²) in [5.41, 5.74) is 3.72. The molecule has 6 nitrogen and oxygen atoms in total. The van der Waals surface area contributed by atoms with Crippen molar-refractivity contribution in [2.75, 3.05) is 16.8 Å². The summed E-state index contributed by atoms with van der Waals surface area (Å²) < 4.78 is 5.91. The Hall–Kier alpha value is -3.42. The molecule has 0 radical (unpaired) electrons. The molecule has 1 aliphatic rings. The van der Waals surface area contributed by atoms with Gasteiger partial charge in [-0.3, -0.25) is 0 Å². The Kier molecular flexibility index (Phi) is 6.24. The molecule has 33 heavy (non-hydrogen) atoms. The van der Waals surface area contributed by atoms with E-state index in [1.165, 1.54) is 11.1 Å². The van der Waals surface area contributed by atoms with Crippen LogP contribution in [-0.4, -0.2) is 21.6 Å². The number of thiocarbonyl (C=S) groups is 1. The largest absolute Gasteiger partial charge is 0.459 e. The molecule has 0 fully saturated rings. The van der Waals surface area contributed by atoms with Gasteiger partial charge in [-0.05, 0) is 41.9 Å². The first-order valence-corrected chi connectivity index (χ1v) is 11.5. The van der Waals surface area contributed by atoms with Crippen LogP contribution >= 0.6 is 23.8 Å². The Morgan fingerprint density at radius 3 is 2.64 bits per heavy atom. The number of anilines is 2. The van der Waals surface area contributed by atoms with Crippen LogP contribution < -0.4 is 15.5 Å². The van der Waals surface area contributed by atoms with Gasteiger partial charge in [0.2, 0.25) is 5.95 Å². The fourth-order valence-electron chi connectivity index (χ4n) is 3.86. The monoisotopic (exact) mass is 475 g/mol. The van der Waals surface area contributed by atoms with Gasteiger partial charge in [-0.2, -0.15) is 4.98 Å². The van der Waals surface area contributed by atoms with Crippen LogP contribution in [-0.2, 0) is 19.5 Å². The third-order valence-corrected chi connectivity index (χ3v) is 5.94. The number of halogens is 1. The third kappa shape index (κ3) is 5.16. The summed E-state index contributed by atoms with van der Waals surface area (Å²) in [6, 6.07) is 24.1. The van der Waals surface area contributed by atoms with Crippen LogP contribution in [0.5, 0.6) is 0 Å². The van der Waals surface area contributed by atoms with Gasteiger partial charge < -0.3 is 20.0 Å². The SMILES string of the molecule is S=C(NCc1ccc(-c2ccccc2)o1)Nc1nc(Cl)cc(N2CCc3ccccc3C2)n1. The van der Waals surface area contributed by atoms with Crippen molar-refractivity contribution in [2.45, 2.75) is 19.5 Å². The number of aromatic nitrogens is 2. The molecule has 0 aliphatic carbocycles. The minimum Gasteiger partial charge on any atom is -0.459 e. The highest BCUT2D eigenvalue weighted by atomic mass is 35.5. The Morgan fingerprint density at radius 1 is 1.00 bits per heavy atom.